The first-order chi connectivity index (χ1) is 10.6. The molecule has 0 saturated heterocycles. The van der Waals surface area contributed by atoms with Gasteiger partial charge in [-0.1, -0.05) is 58.9 Å². The molecule has 0 amide bonds. The molecule has 0 aliphatic rings. The highest BCUT2D eigenvalue weighted by atomic mass is 16.3. The molecule has 2 aromatic rings. The van der Waals surface area contributed by atoms with E-state index < -0.39 is 0 Å². The van der Waals surface area contributed by atoms with Crippen molar-refractivity contribution >= 4 is 12.2 Å². The van der Waals surface area contributed by atoms with Gasteiger partial charge in [-0.05, 0) is 41.2 Å². The number of H-pyrrole nitrogens is 1. The van der Waals surface area contributed by atoms with Gasteiger partial charge < -0.3 is 5.11 Å². The quantitative estimate of drug-likeness (QED) is 0.876. The van der Waals surface area contributed by atoms with E-state index in [4.69, 9.17) is 0 Å². The first kappa shape index (κ1) is 17.5. The zero-order valence-electron chi connectivity index (χ0n) is 15.1. The average molecular weight is 312 g/mol. The Balaban J connectivity index is 2.45. The summed E-state index contributed by atoms with van der Waals surface area (Å²) in [6, 6.07) is 8.51. The summed E-state index contributed by atoms with van der Waals surface area (Å²) in [5, 5.41) is 16.8. The molecule has 3 nitrogen and oxygen atoms in total. The van der Waals surface area contributed by atoms with Crippen molar-refractivity contribution in [2.45, 2.75) is 52.4 Å². The van der Waals surface area contributed by atoms with Crippen molar-refractivity contribution in [3.8, 4) is 0 Å². The first-order valence-electron chi connectivity index (χ1n) is 8.09. The van der Waals surface area contributed by atoms with Crippen LogP contribution in [0.2, 0.25) is 0 Å². The van der Waals surface area contributed by atoms with Crippen molar-refractivity contribution in [3.63, 3.8) is 0 Å². The van der Waals surface area contributed by atoms with Crippen LogP contribution >= 0.6 is 0 Å². The Morgan fingerprint density at radius 2 is 1.78 bits per heavy atom. The van der Waals surface area contributed by atoms with E-state index in [-0.39, 0.29) is 17.4 Å². The van der Waals surface area contributed by atoms with Crippen LogP contribution in [0.5, 0.6) is 0 Å². The summed E-state index contributed by atoms with van der Waals surface area (Å²) >= 11 is 0. The molecule has 0 atom stereocenters. The topological polar surface area (TPSA) is 48.9 Å². The minimum absolute atomic E-state index is 0.0305. The summed E-state index contributed by atoms with van der Waals surface area (Å²) in [7, 11) is 0. The number of aliphatic hydroxyl groups excluding tert-OH is 1. The fourth-order valence-electron chi connectivity index (χ4n) is 2.56. The van der Waals surface area contributed by atoms with Crippen molar-refractivity contribution in [2.75, 3.05) is 6.61 Å². The molecule has 0 spiro atoms. The van der Waals surface area contributed by atoms with Crippen LogP contribution in [0.1, 0.15) is 62.7 Å². The number of hydrogen-bond donors (Lipinski definition) is 2. The maximum atomic E-state index is 9.64. The van der Waals surface area contributed by atoms with E-state index in [1.54, 1.807) is 0 Å². The number of nitrogens with zero attached hydrogens (tertiary/aromatic N) is 1. The number of benzene rings is 1. The molecule has 1 aromatic heterocycles. The third-order valence-electron chi connectivity index (χ3n) is 4.20. The monoisotopic (exact) mass is 312 g/mol. The highest BCUT2D eigenvalue weighted by Gasteiger charge is 2.23. The van der Waals surface area contributed by atoms with Crippen molar-refractivity contribution < 1.29 is 5.11 Å². The lowest BCUT2D eigenvalue weighted by Crippen LogP contribution is -2.23. The molecule has 1 heterocycles. The molecular weight excluding hydrogens is 284 g/mol. The van der Waals surface area contributed by atoms with Gasteiger partial charge >= 0.3 is 0 Å². The number of aliphatic hydroxyl groups is 1. The van der Waals surface area contributed by atoms with Gasteiger partial charge in [0.25, 0.3) is 0 Å². The molecule has 2 N–H and O–H groups in total. The molecule has 0 saturated carbocycles. The SMILES string of the molecule is Cc1cc(/C=C/c2ccc(C(C)(C)CO)cc2C(C)(C)C)n[nH]1. The summed E-state index contributed by atoms with van der Waals surface area (Å²) in [6.07, 6.45) is 4.15. The van der Waals surface area contributed by atoms with Crippen LogP contribution in [0.3, 0.4) is 0 Å². The molecule has 124 valence electrons. The molecule has 0 fully saturated rings. The van der Waals surface area contributed by atoms with Crippen LogP contribution in [0.15, 0.2) is 24.3 Å². The van der Waals surface area contributed by atoms with Crippen molar-refractivity contribution in [1.29, 1.82) is 0 Å². The Hall–Kier alpha value is -1.87. The van der Waals surface area contributed by atoms with Gasteiger partial charge in [0.05, 0.1) is 12.3 Å². The fraction of sp³-hybridized carbons (Fsp3) is 0.450. The maximum Gasteiger partial charge on any atom is 0.0851 e. The zero-order chi connectivity index (χ0) is 17.3. The third kappa shape index (κ3) is 4.11. The van der Waals surface area contributed by atoms with E-state index in [0.29, 0.717) is 0 Å². The lowest BCUT2D eigenvalue weighted by Gasteiger charge is -2.28. The van der Waals surface area contributed by atoms with Crippen LogP contribution in [-0.2, 0) is 10.8 Å². The van der Waals surface area contributed by atoms with Gasteiger partial charge in [-0.2, -0.15) is 5.10 Å². The summed E-state index contributed by atoms with van der Waals surface area (Å²) in [6.45, 7) is 12.9. The third-order valence-corrected chi connectivity index (χ3v) is 4.20. The fourth-order valence-corrected chi connectivity index (χ4v) is 2.56. The van der Waals surface area contributed by atoms with Gasteiger partial charge in [-0.3, -0.25) is 5.10 Å². The molecule has 0 bridgehead atoms. The van der Waals surface area contributed by atoms with Crippen molar-refractivity contribution in [1.82, 2.24) is 10.2 Å². The Kier molecular flexibility index (Phi) is 4.81. The van der Waals surface area contributed by atoms with Crippen LogP contribution in [0.25, 0.3) is 12.2 Å². The van der Waals surface area contributed by atoms with Crippen molar-refractivity contribution in [2.24, 2.45) is 0 Å². The standard InChI is InChI=1S/C20H28N2O/c1-14-11-17(22-21-14)10-8-15-7-9-16(20(5,6)13-23)12-18(15)19(2,3)4/h7-12,23H,13H2,1-6H3,(H,21,22)/b10-8+. The lowest BCUT2D eigenvalue weighted by molar-refractivity contribution is 0.218. The Morgan fingerprint density at radius 3 is 2.30 bits per heavy atom. The molecule has 0 aliphatic carbocycles. The van der Waals surface area contributed by atoms with Crippen LogP contribution in [0.4, 0.5) is 0 Å². The molecule has 1 aromatic carbocycles. The van der Waals surface area contributed by atoms with Crippen molar-refractivity contribution in [3.05, 3.63) is 52.3 Å². The zero-order valence-corrected chi connectivity index (χ0v) is 15.1. The molecule has 3 heteroatoms. The van der Waals surface area contributed by atoms with E-state index in [1.807, 2.05) is 19.1 Å². The van der Waals surface area contributed by atoms with Crippen LogP contribution in [0, 0.1) is 6.92 Å². The Morgan fingerprint density at radius 1 is 1.09 bits per heavy atom. The largest absolute Gasteiger partial charge is 0.395 e. The second-order valence-corrected chi connectivity index (χ2v) is 7.90. The minimum atomic E-state index is -0.235. The summed E-state index contributed by atoms with van der Waals surface area (Å²) in [5.74, 6) is 0. The molecule has 23 heavy (non-hydrogen) atoms. The van der Waals surface area contributed by atoms with E-state index in [9.17, 15) is 5.11 Å². The number of aromatic nitrogens is 2. The van der Waals surface area contributed by atoms with Crippen LogP contribution in [-0.4, -0.2) is 21.9 Å². The van der Waals surface area contributed by atoms with E-state index in [2.05, 4.69) is 69.1 Å². The number of hydrogen-bond acceptors (Lipinski definition) is 2. The summed E-state index contributed by atoms with van der Waals surface area (Å²) < 4.78 is 0. The van der Waals surface area contributed by atoms with Gasteiger partial charge in [0.2, 0.25) is 0 Å². The van der Waals surface area contributed by atoms with Gasteiger partial charge in [0.1, 0.15) is 0 Å². The lowest BCUT2D eigenvalue weighted by atomic mass is 9.78. The summed E-state index contributed by atoms with van der Waals surface area (Å²) in [4.78, 5) is 0. The summed E-state index contributed by atoms with van der Waals surface area (Å²) in [5.41, 5.74) is 5.42. The average Bonchev–Trinajstić information content (AvgIpc) is 2.89. The van der Waals surface area contributed by atoms with E-state index in [0.717, 1.165) is 17.0 Å². The normalized spacial score (nSPS) is 13.0. The number of aryl methyl sites for hydroxylation is 1. The highest BCUT2D eigenvalue weighted by molar-refractivity contribution is 5.71. The predicted octanol–water partition coefficient (Wildman–Crippen LogP) is 4.46. The number of aromatic amines is 1. The van der Waals surface area contributed by atoms with Crippen LogP contribution < -0.4 is 0 Å². The van der Waals surface area contributed by atoms with Gasteiger partial charge in [-0.15, -0.1) is 0 Å². The molecule has 0 aliphatic heterocycles. The Bertz CT molecular complexity index is 703. The van der Waals surface area contributed by atoms with Gasteiger partial charge in [0, 0.05) is 11.1 Å². The van der Waals surface area contributed by atoms with Gasteiger partial charge in [0.15, 0.2) is 0 Å². The highest BCUT2D eigenvalue weighted by Crippen LogP contribution is 2.32. The minimum Gasteiger partial charge on any atom is -0.395 e. The second kappa shape index (κ2) is 6.32. The predicted molar refractivity (Wildman–Crippen MR) is 97.5 cm³/mol. The molecule has 0 unspecified atom stereocenters. The smallest absolute Gasteiger partial charge is 0.0851 e. The Labute approximate surface area is 139 Å². The first-order valence-corrected chi connectivity index (χ1v) is 8.09. The molecular formula is C20H28N2O. The second-order valence-electron chi connectivity index (χ2n) is 7.90. The van der Waals surface area contributed by atoms with E-state index in [1.165, 1.54) is 11.1 Å². The molecule has 0 radical (unpaired) electrons. The number of nitrogens with one attached hydrogen (secondary N) is 1. The van der Waals surface area contributed by atoms with Gasteiger partial charge in [-0.25, -0.2) is 0 Å². The van der Waals surface area contributed by atoms with E-state index >= 15 is 0 Å². The maximum absolute atomic E-state index is 9.64. The number of rotatable bonds is 4. The molecule has 2 rings (SSSR count).